The first-order valence-electron chi connectivity index (χ1n) is 2.21. The van der Waals surface area contributed by atoms with Crippen LogP contribution in [0, 0.1) is 0 Å². The van der Waals surface area contributed by atoms with Crippen LogP contribution in [0.1, 0.15) is 6.42 Å². The van der Waals surface area contributed by atoms with E-state index in [0.29, 0.717) is 6.54 Å². The molecule has 1 N–H and O–H groups in total. The van der Waals surface area contributed by atoms with Gasteiger partial charge in [-0.25, -0.2) is 13.1 Å². The fourth-order valence-corrected chi connectivity index (χ4v) is 0.858. The van der Waals surface area contributed by atoms with Crippen LogP contribution >= 0.6 is 15.9 Å². The molecule has 0 fully saturated rings. The summed E-state index contributed by atoms with van der Waals surface area (Å²) in [6.45, 7) is 0.532. The van der Waals surface area contributed by atoms with E-state index in [-0.39, 0.29) is 0 Å². The minimum Gasteiger partial charge on any atom is -0.218 e. The molecule has 0 bridgehead atoms. The number of halogens is 1. The number of hydrogen-bond donors (Lipinski definition) is 2. The van der Waals surface area contributed by atoms with Gasteiger partial charge >= 0.3 is 0 Å². The van der Waals surface area contributed by atoms with Gasteiger partial charge in [0.05, 0.1) is 0 Å². The van der Waals surface area contributed by atoms with Crippen molar-refractivity contribution in [3.63, 3.8) is 0 Å². The van der Waals surface area contributed by atoms with Crippen molar-refractivity contribution >= 4 is 26.8 Å². The van der Waals surface area contributed by atoms with Gasteiger partial charge in [0.15, 0.2) is 0 Å². The molecule has 0 saturated heterocycles. The standard InChI is InChI=1S/C3H8BrNO2S/c4-2-1-3-5-8(6)7/h8H,1-3H2,(H,5,6,7). The van der Waals surface area contributed by atoms with Crippen molar-refractivity contribution in [3.8, 4) is 0 Å². The molecular weight excluding hydrogens is 194 g/mol. The van der Waals surface area contributed by atoms with Gasteiger partial charge in [0.1, 0.15) is 0 Å². The van der Waals surface area contributed by atoms with Gasteiger partial charge < -0.3 is 0 Å². The van der Waals surface area contributed by atoms with Crippen LogP contribution < -0.4 is 4.72 Å². The molecule has 0 heterocycles. The lowest BCUT2D eigenvalue weighted by Gasteiger charge is -1.89. The molecule has 0 amide bonds. The summed E-state index contributed by atoms with van der Waals surface area (Å²) in [5, 5.41) is 0.836. The predicted molar refractivity (Wildman–Crippen MR) is 36.7 cm³/mol. The van der Waals surface area contributed by atoms with Crippen LogP contribution in [-0.4, -0.2) is 20.3 Å². The summed E-state index contributed by atoms with van der Waals surface area (Å²) < 4.78 is 21.8. The summed E-state index contributed by atoms with van der Waals surface area (Å²) in [4.78, 5) is 0. The highest BCUT2D eigenvalue weighted by Gasteiger charge is 1.82. The molecular formula is C3H8BrNO2S. The molecule has 5 heteroatoms. The zero-order chi connectivity index (χ0) is 6.41. The predicted octanol–water partition coefficient (Wildman–Crippen LogP) is -0.113. The monoisotopic (exact) mass is 201 g/mol. The Labute approximate surface area is 58.7 Å². The molecule has 0 aliphatic heterocycles. The van der Waals surface area contributed by atoms with Gasteiger partial charge in [0.25, 0.3) is 0 Å². The van der Waals surface area contributed by atoms with Gasteiger partial charge in [-0.15, -0.1) is 0 Å². The third-order valence-corrected chi connectivity index (χ3v) is 1.59. The summed E-state index contributed by atoms with van der Waals surface area (Å²) in [6, 6.07) is 0. The Hall–Kier alpha value is 0.390. The Morgan fingerprint density at radius 1 is 1.50 bits per heavy atom. The minimum atomic E-state index is -2.38. The highest BCUT2D eigenvalue weighted by Crippen LogP contribution is 1.83. The third kappa shape index (κ3) is 6.39. The SMILES string of the molecule is O=[SH](=O)NCCCBr. The average molecular weight is 202 g/mol. The summed E-state index contributed by atoms with van der Waals surface area (Å²) in [5.74, 6) is 0. The van der Waals surface area contributed by atoms with E-state index in [2.05, 4.69) is 20.7 Å². The van der Waals surface area contributed by atoms with Crippen LogP contribution in [0.2, 0.25) is 0 Å². The molecule has 0 aliphatic rings. The van der Waals surface area contributed by atoms with E-state index < -0.39 is 10.9 Å². The van der Waals surface area contributed by atoms with Crippen LogP contribution in [0.15, 0.2) is 0 Å². The van der Waals surface area contributed by atoms with E-state index in [1.54, 1.807) is 0 Å². The number of nitrogens with one attached hydrogen (secondary N) is 1. The van der Waals surface area contributed by atoms with E-state index in [1.807, 2.05) is 0 Å². The summed E-state index contributed by atoms with van der Waals surface area (Å²) >= 11 is 3.16. The van der Waals surface area contributed by atoms with E-state index >= 15 is 0 Å². The zero-order valence-corrected chi connectivity index (χ0v) is 6.74. The lowest BCUT2D eigenvalue weighted by molar-refractivity contribution is 0.601. The van der Waals surface area contributed by atoms with Gasteiger partial charge in [-0.05, 0) is 6.42 Å². The zero-order valence-electron chi connectivity index (χ0n) is 4.26. The topological polar surface area (TPSA) is 46.2 Å². The molecule has 0 saturated carbocycles. The first-order chi connectivity index (χ1) is 3.77. The van der Waals surface area contributed by atoms with Crippen LogP contribution in [0.5, 0.6) is 0 Å². The maximum absolute atomic E-state index is 9.78. The van der Waals surface area contributed by atoms with Crippen LogP contribution in [0.25, 0.3) is 0 Å². The first-order valence-corrected chi connectivity index (χ1v) is 4.51. The molecule has 0 rings (SSSR count). The second-order valence-electron chi connectivity index (χ2n) is 1.21. The van der Waals surface area contributed by atoms with Crippen molar-refractivity contribution in [2.45, 2.75) is 6.42 Å². The Morgan fingerprint density at radius 2 is 2.12 bits per heavy atom. The van der Waals surface area contributed by atoms with Crippen LogP contribution in [0.3, 0.4) is 0 Å². The van der Waals surface area contributed by atoms with Crippen molar-refractivity contribution in [3.05, 3.63) is 0 Å². The van der Waals surface area contributed by atoms with Gasteiger partial charge in [-0.2, -0.15) is 0 Å². The molecule has 0 unspecified atom stereocenters. The van der Waals surface area contributed by atoms with Crippen molar-refractivity contribution in [2.75, 3.05) is 11.9 Å². The second-order valence-corrected chi connectivity index (χ2v) is 2.83. The Morgan fingerprint density at radius 3 is 2.50 bits per heavy atom. The first kappa shape index (κ1) is 8.39. The Bertz CT molecular complexity index is 106. The number of thiol groups is 1. The molecule has 0 aromatic carbocycles. The molecule has 0 aliphatic carbocycles. The van der Waals surface area contributed by atoms with Crippen LogP contribution in [-0.2, 0) is 10.9 Å². The quantitative estimate of drug-likeness (QED) is 0.379. The van der Waals surface area contributed by atoms with E-state index in [9.17, 15) is 8.42 Å². The maximum atomic E-state index is 9.78. The van der Waals surface area contributed by atoms with E-state index in [0.717, 1.165) is 11.8 Å². The maximum Gasteiger partial charge on any atom is 0.201 e. The fraction of sp³-hybridized carbons (Fsp3) is 1.00. The largest absolute Gasteiger partial charge is 0.218 e. The van der Waals surface area contributed by atoms with Crippen molar-refractivity contribution < 1.29 is 8.42 Å². The summed E-state index contributed by atoms with van der Waals surface area (Å²) in [7, 11) is -2.38. The summed E-state index contributed by atoms with van der Waals surface area (Å²) in [6.07, 6.45) is 0.837. The van der Waals surface area contributed by atoms with Gasteiger partial charge in [0, 0.05) is 11.9 Å². The highest BCUT2D eigenvalue weighted by atomic mass is 79.9. The van der Waals surface area contributed by atoms with Crippen molar-refractivity contribution in [2.24, 2.45) is 0 Å². The molecule has 0 spiro atoms. The van der Waals surface area contributed by atoms with Gasteiger partial charge in [-0.1, -0.05) is 15.9 Å². The molecule has 8 heavy (non-hydrogen) atoms. The molecule has 0 aromatic rings. The average Bonchev–Trinajstić information content (AvgIpc) is 1.66. The lowest BCUT2D eigenvalue weighted by Crippen LogP contribution is -2.12. The lowest BCUT2D eigenvalue weighted by atomic mass is 10.5. The molecule has 0 radical (unpaired) electrons. The van der Waals surface area contributed by atoms with E-state index in [4.69, 9.17) is 0 Å². The van der Waals surface area contributed by atoms with Crippen molar-refractivity contribution in [1.29, 1.82) is 0 Å². The number of rotatable bonds is 4. The molecule has 0 atom stereocenters. The summed E-state index contributed by atoms with van der Waals surface area (Å²) in [5.41, 5.74) is 0. The van der Waals surface area contributed by atoms with Gasteiger partial charge in [0.2, 0.25) is 10.9 Å². The van der Waals surface area contributed by atoms with Crippen molar-refractivity contribution in [1.82, 2.24) is 4.72 Å². The number of hydrogen-bond acceptors (Lipinski definition) is 2. The minimum absolute atomic E-state index is 0.532. The van der Waals surface area contributed by atoms with Gasteiger partial charge in [-0.3, -0.25) is 0 Å². The smallest absolute Gasteiger partial charge is 0.201 e. The Balaban J connectivity index is 2.94. The van der Waals surface area contributed by atoms with E-state index in [1.165, 1.54) is 0 Å². The molecule has 50 valence electrons. The number of alkyl halides is 1. The normalized spacial score (nSPS) is 10.2. The Kier molecular flexibility index (Phi) is 5.79. The molecule has 3 nitrogen and oxygen atoms in total. The molecule has 0 aromatic heterocycles. The highest BCUT2D eigenvalue weighted by molar-refractivity contribution is 9.09. The fourth-order valence-electron chi connectivity index (χ4n) is 0.237. The van der Waals surface area contributed by atoms with Crippen LogP contribution in [0.4, 0.5) is 0 Å². The second kappa shape index (κ2) is 5.53. The third-order valence-electron chi connectivity index (χ3n) is 0.551.